The molecule has 0 aromatic carbocycles. The molecule has 1 aliphatic carbocycles. The van der Waals surface area contributed by atoms with E-state index < -0.39 is 0 Å². The van der Waals surface area contributed by atoms with E-state index in [2.05, 4.69) is 29.8 Å². The first-order valence-corrected chi connectivity index (χ1v) is 7.89. The van der Waals surface area contributed by atoms with Crippen LogP contribution in [-0.4, -0.2) is 27.3 Å². The van der Waals surface area contributed by atoms with Crippen LogP contribution in [0.5, 0.6) is 0 Å². The Balaban J connectivity index is 1.80. The molecule has 2 atom stereocenters. The van der Waals surface area contributed by atoms with Crippen LogP contribution in [0.1, 0.15) is 38.2 Å². The van der Waals surface area contributed by atoms with Gasteiger partial charge in [0.2, 0.25) is 0 Å². The van der Waals surface area contributed by atoms with E-state index in [4.69, 9.17) is 0 Å². The molecule has 1 heterocycles. The molecular formula is C13H23N3S. The van der Waals surface area contributed by atoms with Crippen molar-refractivity contribution in [2.24, 2.45) is 0 Å². The van der Waals surface area contributed by atoms with Crippen LogP contribution in [0.2, 0.25) is 0 Å². The van der Waals surface area contributed by atoms with Gasteiger partial charge >= 0.3 is 0 Å². The van der Waals surface area contributed by atoms with Gasteiger partial charge in [0.1, 0.15) is 0 Å². The van der Waals surface area contributed by atoms with Crippen molar-refractivity contribution in [1.29, 1.82) is 0 Å². The van der Waals surface area contributed by atoms with Crippen LogP contribution in [-0.2, 0) is 13.1 Å². The van der Waals surface area contributed by atoms with Crippen LogP contribution >= 0.6 is 11.8 Å². The summed E-state index contributed by atoms with van der Waals surface area (Å²) >= 11 is 2.01. The molecule has 0 aliphatic heterocycles. The predicted octanol–water partition coefficient (Wildman–Crippen LogP) is 2.67. The summed E-state index contributed by atoms with van der Waals surface area (Å²) in [6, 6.07) is 0.694. The Labute approximate surface area is 108 Å². The average molecular weight is 253 g/mol. The van der Waals surface area contributed by atoms with Gasteiger partial charge in [-0.25, -0.2) is 0 Å². The lowest BCUT2D eigenvalue weighted by Crippen LogP contribution is -2.33. The highest BCUT2D eigenvalue weighted by Crippen LogP contribution is 2.28. The number of aromatic nitrogens is 2. The molecule has 0 amide bonds. The van der Waals surface area contributed by atoms with Crippen molar-refractivity contribution in [2.45, 2.75) is 57.0 Å². The lowest BCUT2D eigenvalue weighted by Gasteiger charge is -2.18. The summed E-state index contributed by atoms with van der Waals surface area (Å²) in [5, 5.41) is 8.85. The Morgan fingerprint density at radius 2 is 2.41 bits per heavy atom. The quantitative estimate of drug-likeness (QED) is 0.845. The minimum atomic E-state index is 0.694. The maximum Gasteiger partial charge on any atom is 0.0534 e. The highest BCUT2D eigenvalue weighted by Gasteiger charge is 2.25. The van der Waals surface area contributed by atoms with Crippen LogP contribution in [0.25, 0.3) is 0 Å². The largest absolute Gasteiger partial charge is 0.309 e. The van der Waals surface area contributed by atoms with Crippen molar-refractivity contribution in [3.8, 4) is 0 Å². The summed E-state index contributed by atoms with van der Waals surface area (Å²) in [5.41, 5.74) is 1.31. The standard InChI is InChI=1S/C13H23N3S/c1-3-7-16-10-11(9-15-16)8-14-12-5-4-6-13(12)17-2/h9-10,12-14H,3-8H2,1-2H3. The zero-order valence-corrected chi connectivity index (χ0v) is 11.7. The summed E-state index contributed by atoms with van der Waals surface area (Å²) in [6.07, 6.45) is 11.6. The van der Waals surface area contributed by atoms with E-state index in [-0.39, 0.29) is 0 Å². The summed E-state index contributed by atoms with van der Waals surface area (Å²) < 4.78 is 2.04. The van der Waals surface area contributed by atoms with Gasteiger partial charge in [-0.1, -0.05) is 13.3 Å². The Kier molecular flexibility index (Phi) is 4.92. The van der Waals surface area contributed by atoms with Crippen molar-refractivity contribution in [3.63, 3.8) is 0 Å². The molecule has 1 aliphatic rings. The first-order chi connectivity index (χ1) is 8.33. The minimum Gasteiger partial charge on any atom is -0.309 e. The Hall–Kier alpha value is -0.480. The average Bonchev–Trinajstić information content (AvgIpc) is 2.95. The number of hydrogen-bond acceptors (Lipinski definition) is 3. The molecular weight excluding hydrogens is 230 g/mol. The Bertz CT molecular complexity index is 337. The molecule has 4 heteroatoms. The first kappa shape index (κ1) is 13.0. The second kappa shape index (κ2) is 6.45. The highest BCUT2D eigenvalue weighted by molar-refractivity contribution is 7.99. The van der Waals surface area contributed by atoms with Crippen LogP contribution < -0.4 is 5.32 Å². The summed E-state index contributed by atoms with van der Waals surface area (Å²) in [7, 11) is 0. The molecule has 0 radical (unpaired) electrons. The van der Waals surface area contributed by atoms with E-state index in [1.54, 1.807) is 0 Å². The molecule has 1 saturated carbocycles. The number of hydrogen-bond donors (Lipinski definition) is 1. The SMILES string of the molecule is CCCn1cc(CNC2CCCC2SC)cn1. The lowest BCUT2D eigenvalue weighted by molar-refractivity contribution is 0.531. The smallest absolute Gasteiger partial charge is 0.0534 e. The summed E-state index contributed by atoms with van der Waals surface area (Å²) in [6.45, 7) is 4.17. The Morgan fingerprint density at radius 3 is 3.18 bits per heavy atom. The molecule has 1 N–H and O–H groups in total. The molecule has 2 rings (SSSR count). The maximum absolute atomic E-state index is 4.36. The normalized spacial score (nSPS) is 24.4. The molecule has 0 spiro atoms. The van der Waals surface area contributed by atoms with Gasteiger partial charge in [0, 0.05) is 36.1 Å². The molecule has 17 heavy (non-hydrogen) atoms. The number of nitrogens with zero attached hydrogens (tertiary/aromatic N) is 2. The zero-order chi connectivity index (χ0) is 12.1. The number of aryl methyl sites for hydroxylation is 1. The minimum absolute atomic E-state index is 0.694. The van der Waals surface area contributed by atoms with Gasteiger partial charge in [0.05, 0.1) is 6.20 Å². The lowest BCUT2D eigenvalue weighted by atomic mass is 10.2. The highest BCUT2D eigenvalue weighted by atomic mass is 32.2. The van der Waals surface area contributed by atoms with E-state index in [1.807, 2.05) is 22.6 Å². The van der Waals surface area contributed by atoms with Gasteiger partial charge in [-0.15, -0.1) is 0 Å². The van der Waals surface area contributed by atoms with Gasteiger partial charge in [-0.2, -0.15) is 16.9 Å². The molecule has 1 aromatic rings. The van der Waals surface area contributed by atoms with E-state index in [0.717, 1.165) is 24.8 Å². The first-order valence-electron chi connectivity index (χ1n) is 6.61. The second-order valence-electron chi connectivity index (χ2n) is 4.80. The van der Waals surface area contributed by atoms with Crippen LogP contribution in [0.3, 0.4) is 0 Å². The van der Waals surface area contributed by atoms with Crippen LogP contribution in [0.4, 0.5) is 0 Å². The van der Waals surface area contributed by atoms with E-state index in [0.29, 0.717) is 6.04 Å². The van der Waals surface area contributed by atoms with Gasteiger partial charge in [0.25, 0.3) is 0 Å². The molecule has 2 unspecified atom stereocenters. The second-order valence-corrected chi connectivity index (χ2v) is 5.88. The molecule has 1 fully saturated rings. The van der Waals surface area contributed by atoms with Crippen molar-refractivity contribution >= 4 is 11.8 Å². The fourth-order valence-electron chi connectivity index (χ4n) is 2.54. The Morgan fingerprint density at radius 1 is 1.53 bits per heavy atom. The third-order valence-electron chi connectivity index (χ3n) is 3.46. The van der Waals surface area contributed by atoms with E-state index >= 15 is 0 Å². The summed E-state index contributed by atoms with van der Waals surface area (Å²) in [4.78, 5) is 0. The van der Waals surface area contributed by atoms with Crippen molar-refractivity contribution < 1.29 is 0 Å². The molecule has 0 saturated heterocycles. The van der Waals surface area contributed by atoms with E-state index in [9.17, 15) is 0 Å². The fourth-order valence-corrected chi connectivity index (χ4v) is 3.50. The fraction of sp³-hybridized carbons (Fsp3) is 0.769. The van der Waals surface area contributed by atoms with Crippen molar-refractivity contribution in [1.82, 2.24) is 15.1 Å². The van der Waals surface area contributed by atoms with Gasteiger partial charge in [-0.3, -0.25) is 4.68 Å². The maximum atomic E-state index is 4.36. The number of nitrogens with one attached hydrogen (secondary N) is 1. The van der Waals surface area contributed by atoms with Crippen LogP contribution in [0, 0.1) is 0 Å². The molecule has 3 nitrogen and oxygen atoms in total. The van der Waals surface area contributed by atoms with Gasteiger partial charge in [-0.05, 0) is 25.5 Å². The number of rotatable bonds is 6. The molecule has 0 bridgehead atoms. The summed E-state index contributed by atoms with van der Waals surface area (Å²) in [5.74, 6) is 0. The molecule has 1 aromatic heterocycles. The predicted molar refractivity (Wildman–Crippen MR) is 74.3 cm³/mol. The van der Waals surface area contributed by atoms with Gasteiger partial charge in [0.15, 0.2) is 0 Å². The van der Waals surface area contributed by atoms with Gasteiger partial charge < -0.3 is 5.32 Å². The van der Waals surface area contributed by atoms with E-state index in [1.165, 1.54) is 24.8 Å². The number of thioether (sulfide) groups is 1. The third kappa shape index (κ3) is 3.49. The molecule has 96 valence electrons. The van der Waals surface area contributed by atoms with Crippen LogP contribution in [0.15, 0.2) is 12.4 Å². The topological polar surface area (TPSA) is 29.9 Å². The van der Waals surface area contributed by atoms with Crippen molar-refractivity contribution in [2.75, 3.05) is 6.26 Å². The zero-order valence-electron chi connectivity index (χ0n) is 10.9. The monoisotopic (exact) mass is 253 g/mol. The third-order valence-corrected chi connectivity index (χ3v) is 4.63. The van der Waals surface area contributed by atoms with Crippen molar-refractivity contribution in [3.05, 3.63) is 18.0 Å².